The number of aliphatic hydroxyl groups is 1. The van der Waals surface area contributed by atoms with Crippen molar-refractivity contribution >= 4 is 11.8 Å². The highest BCUT2D eigenvalue weighted by molar-refractivity contribution is 5.89. The second-order valence-corrected chi connectivity index (χ2v) is 3.38. The third-order valence-corrected chi connectivity index (χ3v) is 1.85. The van der Waals surface area contributed by atoms with Gasteiger partial charge in [-0.3, -0.25) is 0 Å². The van der Waals surface area contributed by atoms with E-state index < -0.39 is 6.10 Å². The van der Waals surface area contributed by atoms with Crippen LogP contribution in [-0.4, -0.2) is 35.3 Å². The van der Waals surface area contributed by atoms with Gasteiger partial charge in [-0.15, -0.1) is 0 Å². The van der Waals surface area contributed by atoms with E-state index in [-0.39, 0.29) is 5.97 Å². The Morgan fingerprint density at radius 1 is 1.62 bits per heavy atom. The van der Waals surface area contributed by atoms with Gasteiger partial charge in [-0.05, 0) is 26.0 Å². The van der Waals surface area contributed by atoms with Crippen LogP contribution in [0.1, 0.15) is 24.2 Å². The van der Waals surface area contributed by atoms with Gasteiger partial charge in [0.05, 0.1) is 18.3 Å². The van der Waals surface area contributed by atoms with Crippen LogP contribution >= 0.6 is 0 Å². The molecule has 1 rings (SSSR count). The second kappa shape index (κ2) is 6.07. The average molecular weight is 224 g/mol. The van der Waals surface area contributed by atoms with Crippen molar-refractivity contribution in [3.05, 3.63) is 23.9 Å². The highest BCUT2D eigenvalue weighted by Crippen LogP contribution is 2.06. The summed E-state index contributed by atoms with van der Waals surface area (Å²) in [5.41, 5.74) is 0.421. The van der Waals surface area contributed by atoms with Crippen LogP contribution in [0.15, 0.2) is 18.3 Å². The molecular formula is C11H16N2O3. The van der Waals surface area contributed by atoms with E-state index in [1.165, 1.54) is 6.20 Å². The predicted molar refractivity (Wildman–Crippen MR) is 60.4 cm³/mol. The summed E-state index contributed by atoms with van der Waals surface area (Å²) in [6.45, 7) is 4.20. The number of aliphatic hydroxyl groups excluding tert-OH is 1. The molecule has 1 aromatic heterocycles. The molecule has 0 aliphatic carbocycles. The summed E-state index contributed by atoms with van der Waals surface area (Å²) in [4.78, 5) is 15.3. The third-order valence-electron chi connectivity index (χ3n) is 1.85. The maximum Gasteiger partial charge on any atom is 0.339 e. The molecule has 1 heterocycles. The van der Waals surface area contributed by atoms with E-state index in [1.54, 1.807) is 26.0 Å². The molecule has 0 radical (unpaired) electrons. The number of pyridine rings is 1. The lowest BCUT2D eigenvalue weighted by molar-refractivity contribution is 0.0526. The monoisotopic (exact) mass is 224 g/mol. The number of nitrogens with one attached hydrogen (secondary N) is 1. The topological polar surface area (TPSA) is 71.5 Å². The summed E-state index contributed by atoms with van der Waals surface area (Å²) in [6.07, 6.45) is 1.01. The normalized spacial score (nSPS) is 11.9. The van der Waals surface area contributed by atoms with Crippen molar-refractivity contribution in [2.75, 3.05) is 18.5 Å². The number of carbonyl (C=O) groups excluding carboxylic acids is 1. The minimum Gasteiger partial charge on any atom is -0.462 e. The summed E-state index contributed by atoms with van der Waals surface area (Å²) in [7, 11) is 0. The molecule has 0 bridgehead atoms. The summed E-state index contributed by atoms with van der Waals surface area (Å²) in [5.74, 6) is 0.242. The van der Waals surface area contributed by atoms with Gasteiger partial charge in [0.15, 0.2) is 0 Å². The van der Waals surface area contributed by atoms with Crippen LogP contribution in [0.5, 0.6) is 0 Å². The number of anilines is 1. The summed E-state index contributed by atoms with van der Waals surface area (Å²) in [6, 6.07) is 3.31. The fourth-order valence-electron chi connectivity index (χ4n) is 1.09. The second-order valence-electron chi connectivity index (χ2n) is 3.38. The minimum absolute atomic E-state index is 0.348. The maximum atomic E-state index is 11.3. The number of hydrogen-bond acceptors (Lipinski definition) is 5. The van der Waals surface area contributed by atoms with Crippen LogP contribution in [0.2, 0.25) is 0 Å². The molecule has 0 fully saturated rings. The first-order valence-electron chi connectivity index (χ1n) is 5.18. The molecule has 2 N–H and O–H groups in total. The molecule has 88 valence electrons. The molecule has 0 amide bonds. The van der Waals surface area contributed by atoms with Gasteiger partial charge in [0.1, 0.15) is 5.82 Å². The first-order valence-corrected chi connectivity index (χ1v) is 5.18. The van der Waals surface area contributed by atoms with Crippen molar-refractivity contribution < 1.29 is 14.6 Å². The van der Waals surface area contributed by atoms with Crippen molar-refractivity contribution in [2.24, 2.45) is 0 Å². The van der Waals surface area contributed by atoms with Crippen molar-refractivity contribution in [2.45, 2.75) is 20.0 Å². The first kappa shape index (κ1) is 12.4. The predicted octanol–water partition coefficient (Wildman–Crippen LogP) is 1.05. The zero-order valence-corrected chi connectivity index (χ0v) is 9.43. The molecule has 0 aromatic carbocycles. The van der Waals surface area contributed by atoms with Crippen molar-refractivity contribution in [1.29, 1.82) is 0 Å². The Hall–Kier alpha value is -1.62. The molecule has 1 aromatic rings. The first-order chi connectivity index (χ1) is 7.63. The highest BCUT2D eigenvalue weighted by atomic mass is 16.5. The Morgan fingerprint density at radius 2 is 2.38 bits per heavy atom. The largest absolute Gasteiger partial charge is 0.462 e. The summed E-state index contributed by atoms with van der Waals surface area (Å²) >= 11 is 0. The lowest BCUT2D eigenvalue weighted by Crippen LogP contribution is -2.16. The van der Waals surface area contributed by atoms with E-state index in [0.717, 1.165) is 0 Å². The quantitative estimate of drug-likeness (QED) is 0.731. The van der Waals surface area contributed by atoms with Gasteiger partial charge in [-0.1, -0.05) is 0 Å². The molecule has 0 aliphatic heterocycles. The van der Waals surface area contributed by atoms with Crippen molar-refractivity contribution in [1.82, 2.24) is 4.98 Å². The van der Waals surface area contributed by atoms with E-state index in [1.807, 2.05) is 0 Å². The molecule has 0 spiro atoms. The number of ether oxygens (including phenoxy) is 1. The number of rotatable bonds is 5. The summed E-state index contributed by atoms with van der Waals surface area (Å²) < 4.78 is 4.83. The zero-order valence-electron chi connectivity index (χ0n) is 9.43. The average Bonchev–Trinajstić information content (AvgIpc) is 2.27. The van der Waals surface area contributed by atoms with Gasteiger partial charge < -0.3 is 15.2 Å². The van der Waals surface area contributed by atoms with Crippen LogP contribution in [0.25, 0.3) is 0 Å². The van der Waals surface area contributed by atoms with E-state index in [9.17, 15) is 4.79 Å². The molecule has 5 heteroatoms. The van der Waals surface area contributed by atoms with E-state index in [2.05, 4.69) is 10.3 Å². The molecular weight excluding hydrogens is 208 g/mol. The number of carbonyl (C=O) groups is 1. The molecule has 1 atom stereocenters. The molecule has 0 aliphatic rings. The van der Waals surface area contributed by atoms with Crippen LogP contribution in [0.3, 0.4) is 0 Å². The van der Waals surface area contributed by atoms with Crippen LogP contribution in [-0.2, 0) is 4.74 Å². The van der Waals surface area contributed by atoms with Crippen LogP contribution in [0.4, 0.5) is 5.82 Å². The fourth-order valence-corrected chi connectivity index (χ4v) is 1.09. The minimum atomic E-state index is -0.438. The molecule has 0 saturated carbocycles. The van der Waals surface area contributed by atoms with Crippen LogP contribution in [0, 0.1) is 0 Å². The van der Waals surface area contributed by atoms with E-state index in [0.29, 0.717) is 24.5 Å². The van der Waals surface area contributed by atoms with Crippen LogP contribution < -0.4 is 5.32 Å². The van der Waals surface area contributed by atoms with Gasteiger partial charge in [0.2, 0.25) is 0 Å². The number of aromatic nitrogens is 1. The Balaban J connectivity index is 2.57. The highest BCUT2D eigenvalue weighted by Gasteiger charge is 2.06. The Kier molecular flexibility index (Phi) is 4.72. The van der Waals surface area contributed by atoms with E-state index in [4.69, 9.17) is 9.84 Å². The Labute approximate surface area is 94.5 Å². The zero-order chi connectivity index (χ0) is 12.0. The third kappa shape index (κ3) is 3.86. The van der Waals surface area contributed by atoms with Gasteiger partial charge >= 0.3 is 5.97 Å². The fraction of sp³-hybridized carbons (Fsp3) is 0.455. The molecule has 5 nitrogen and oxygen atoms in total. The molecule has 16 heavy (non-hydrogen) atoms. The van der Waals surface area contributed by atoms with E-state index >= 15 is 0 Å². The summed E-state index contributed by atoms with van der Waals surface area (Å²) in [5, 5.41) is 12.0. The lowest BCUT2D eigenvalue weighted by Gasteiger charge is -2.07. The van der Waals surface area contributed by atoms with Crippen molar-refractivity contribution in [3.63, 3.8) is 0 Å². The van der Waals surface area contributed by atoms with Gasteiger partial charge in [0, 0.05) is 12.7 Å². The van der Waals surface area contributed by atoms with Crippen molar-refractivity contribution in [3.8, 4) is 0 Å². The Bertz CT molecular complexity index is 336. The Morgan fingerprint density at radius 3 is 2.88 bits per heavy atom. The number of nitrogens with zero attached hydrogens (tertiary/aromatic N) is 1. The van der Waals surface area contributed by atoms with Gasteiger partial charge in [0.25, 0.3) is 0 Å². The van der Waals surface area contributed by atoms with Gasteiger partial charge in [-0.25, -0.2) is 9.78 Å². The number of esters is 1. The molecule has 0 saturated heterocycles. The standard InChI is InChI=1S/C11H16N2O3/c1-3-16-11(15)9-4-5-10(13-7-9)12-6-8(2)14/h4-5,7-8,14H,3,6H2,1-2H3,(H,12,13)/t8-/m1/s1. The number of hydrogen-bond donors (Lipinski definition) is 2. The van der Waals surface area contributed by atoms with Gasteiger partial charge in [-0.2, -0.15) is 0 Å². The lowest BCUT2D eigenvalue weighted by atomic mass is 10.3. The smallest absolute Gasteiger partial charge is 0.339 e. The maximum absolute atomic E-state index is 11.3. The SMILES string of the molecule is CCOC(=O)c1ccc(NC[C@@H](C)O)nc1. The molecule has 0 unspecified atom stereocenters.